The number of anilines is 1. The Bertz CT molecular complexity index is 1470. The molecule has 7 nitrogen and oxygen atoms in total. The van der Waals surface area contributed by atoms with Crippen molar-refractivity contribution in [2.24, 2.45) is 10.8 Å². The zero-order valence-electron chi connectivity index (χ0n) is 21.4. The van der Waals surface area contributed by atoms with Gasteiger partial charge in [-0.3, -0.25) is 4.79 Å². The minimum atomic E-state index is -0.110. The van der Waals surface area contributed by atoms with Crippen LogP contribution in [0.15, 0.2) is 46.3 Å². The van der Waals surface area contributed by atoms with Gasteiger partial charge in [-0.05, 0) is 48.1 Å². The van der Waals surface area contributed by atoms with E-state index in [1.54, 1.807) is 22.3 Å². The summed E-state index contributed by atoms with van der Waals surface area (Å²) in [5.41, 5.74) is 5.63. The summed E-state index contributed by atoms with van der Waals surface area (Å²) in [7, 11) is 0. The molecule has 2 aromatic carbocycles. The summed E-state index contributed by atoms with van der Waals surface area (Å²) in [5, 5.41) is 9.75. The molecule has 0 bridgehead atoms. The number of halogens is 2. The van der Waals surface area contributed by atoms with Gasteiger partial charge in [-0.1, -0.05) is 49.2 Å². The van der Waals surface area contributed by atoms with E-state index in [-0.39, 0.29) is 11.3 Å². The number of thiazole rings is 1. The molecule has 1 unspecified atom stereocenters. The van der Waals surface area contributed by atoms with Gasteiger partial charge in [0.15, 0.2) is 0 Å². The highest BCUT2D eigenvalue weighted by Gasteiger charge is 2.56. The van der Waals surface area contributed by atoms with Crippen LogP contribution in [0.25, 0.3) is 10.2 Å². The number of nitrogens with zero attached hydrogens (tertiary/aromatic N) is 5. The molecule has 1 spiro atoms. The number of rotatable bonds is 5. The van der Waals surface area contributed by atoms with E-state index in [0.29, 0.717) is 41.3 Å². The molecule has 1 amide bonds. The van der Waals surface area contributed by atoms with Crippen LogP contribution in [0.4, 0.5) is 5.69 Å². The number of carbonyl (C=O) groups excluding carboxylic acids is 1. The molecule has 2 aromatic heterocycles. The third-order valence-electron chi connectivity index (χ3n) is 7.88. The fourth-order valence-corrected chi connectivity index (χ4v) is 6.48. The maximum Gasteiger partial charge on any atom is 0.222 e. The normalized spacial score (nSPS) is 20.8. The van der Waals surface area contributed by atoms with E-state index >= 15 is 0 Å². The smallest absolute Gasteiger partial charge is 0.222 e. The Morgan fingerprint density at radius 2 is 1.89 bits per heavy atom. The topological polar surface area (TPSA) is 75.4 Å². The molecular formula is C28H29Cl2N5O2S. The van der Waals surface area contributed by atoms with Crippen molar-refractivity contribution in [3.8, 4) is 0 Å². The Labute approximate surface area is 235 Å². The van der Waals surface area contributed by atoms with Gasteiger partial charge in [0.05, 0.1) is 43.8 Å². The van der Waals surface area contributed by atoms with Crippen molar-refractivity contribution < 1.29 is 9.21 Å². The Kier molecular flexibility index (Phi) is 6.61. The van der Waals surface area contributed by atoms with E-state index in [2.05, 4.69) is 40.0 Å². The van der Waals surface area contributed by atoms with Gasteiger partial charge in [0.1, 0.15) is 0 Å². The molecule has 1 saturated carbocycles. The van der Waals surface area contributed by atoms with Crippen molar-refractivity contribution in [1.82, 2.24) is 20.1 Å². The lowest BCUT2D eigenvalue weighted by molar-refractivity contribution is -0.129. The molecular weight excluding hydrogens is 541 g/mol. The number of carbonyl (C=O) groups is 1. The third-order valence-corrected chi connectivity index (χ3v) is 9.48. The molecule has 38 heavy (non-hydrogen) atoms. The molecule has 2 aliphatic heterocycles. The van der Waals surface area contributed by atoms with Crippen LogP contribution in [0, 0.1) is 10.8 Å². The number of hydrogen-bond donors (Lipinski definition) is 0. The van der Waals surface area contributed by atoms with E-state index in [1.807, 2.05) is 29.8 Å². The number of benzene rings is 2. The zero-order valence-corrected chi connectivity index (χ0v) is 23.7. The van der Waals surface area contributed by atoms with Crippen LogP contribution in [0.1, 0.15) is 50.0 Å². The van der Waals surface area contributed by atoms with Crippen molar-refractivity contribution in [2.45, 2.75) is 39.0 Å². The average molecular weight is 571 g/mol. The first kappa shape index (κ1) is 25.6. The van der Waals surface area contributed by atoms with Crippen molar-refractivity contribution in [3.05, 3.63) is 69.3 Å². The molecule has 0 N–H and O–H groups in total. The fraction of sp³-hybridized carbons (Fsp3) is 0.429. The van der Waals surface area contributed by atoms with Crippen LogP contribution in [0.2, 0.25) is 10.0 Å². The second-order valence-electron chi connectivity index (χ2n) is 11.4. The lowest BCUT2D eigenvalue weighted by Gasteiger charge is -2.48. The molecule has 7 rings (SSSR count). The predicted octanol–water partition coefficient (Wildman–Crippen LogP) is 6.45. The second kappa shape index (κ2) is 9.81. The standard InChI is InChI=1S/C23H19Cl2N5O2S.C5H10/c24-16-5-4-14(6-17(16)25)7-20-27-28-22(32-20)15-8-30(11-23(15)9-29(10-23)13-31)19-3-1-2-18-21(19)33-12-26-18;1-5(2)3-4-5/h1-6,12-13,15H,7-11H2;3-4H2,1-2H3. The lowest BCUT2D eigenvalue weighted by atomic mass is 9.72. The first-order valence-electron chi connectivity index (χ1n) is 12.8. The number of amides is 1. The predicted molar refractivity (Wildman–Crippen MR) is 151 cm³/mol. The van der Waals surface area contributed by atoms with Gasteiger partial charge >= 0.3 is 0 Å². The monoisotopic (exact) mass is 569 g/mol. The molecule has 0 radical (unpaired) electrons. The van der Waals surface area contributed by atoms with Gasteiger partial charge in [-0.25, -0.2) is 4.98 Å². The maximum atomic E-state index is 11.4. The highest BCUT2D eigenvalue weighted by molar-refractivity contribution is 7.17. The number of likely N-dealkylation sites (tertiary alicyclic amines) is 1. The van der Waals surface area contributed by atoms with Crippen LogP contribution >= 0.6 is 34.5 Å². The first-order valence-corrected chi connectivity index (χ1v) is 14.4. The number of hydrogen-bond acceptors (Lipinski definition) is 7. The molecule has 3 aliphatic rings. The first-order chi connectivity index (χ1) is 18.2. The zero-order chi connectivity index (χ0) is 26.5. The van der Waals surface area contributed by atoms with Crippen LogP contribution in [0.3, 0.4) is 0 Å². The summed E-state index contributed by atoms with van der Waals surface area (Å²) in [6.07, 6.45) is 4.30. The van der Waals surface area contributed by atoms with E-state index in [9.17, 15) is 4.79 Å². The van der Waals surface area contributed by atoms with Crippen molar-refractivity contribution >= 4 is 56.9 Å². The van der Waals surface area contributed by atoms with Gasteiger partial charge in [-0.15, -0.1) is 21.5 Å². The highest BCUT2D eigenvalue weighted by Crippen LogP contribution is 2.50. The van der Waals surface area contributed by atoms with Gasteiger partial charge in [0.2, 0.25) is 18.2 Å². The lowest BCUT2D eigenvalue weighted by Crippen LogP contribution is -2.59. The van der Waals surface area contributed by atoms with Gasteiger partial charge in [0.25, 0.3) is 0 Å². The fourth-order valence-electron chi connectivity index (χ4n) is 5.32. The van der Waals surface area contributed by atoms with E-state index < -0.39 is 0 Å². The Morgan fingerprint density at radius 1 is 1.11 bits per heavy atom. The van der Waals surface area contributed by atoms with Crippen molar-refractivity contribution in [2.75, 3.05) is 31.1 Å². The van der Waals surface area contributed by atoms with Crippen LogP contribution in [-0.2, 0) is 11.2 Å². The Morgan fingerprint density at radius 3 is 2.61 bits per heavy atom. The average Bonchev–Trinajstić information content (AvgIpc) is 3.31. The van der Waals surface area contributed by atoms with E-state index in [1.165, 1.54) is 17.5 Å². The minimum Gasteiger partial charge on any atom is -0.425 e. The SMILES string of the molecule is CC1(C)CC1.O=CN1CC2(C1)CN(c1cccc3ncsc13)CC2c1nnc(Cc2ccc(Cl)c(Cl)c2)o1. The largest absolute Gasteiger partial charge is 0.425 e. The van der Waals surface area contributed by atoms with Gasteiger partial charge in [-0.2, -0.15) is 0 Å². The summed E-state index contributed by atoms with van der Waals surface area (Å²) < 4.78 is 7.33. The molecule has 10 heteroatoms. The molecule has 2 saturated heterocycles. The summed E-state index contributed by atoms with van der Waals surface area (Å²) in [4.78, 5) is 20.0. The van der Waals surface area contributed by atoms with Crippen LogP contribution in [0.5, 0.6) is 0 Å². The van der Waals surface area contributed by atoms with Gasteiger partial charge < -0.3 is 14.2 Å². The van der Waals surface area contributed by atoms with Gasteiger partial charge in [0, 0.05) is 31.6 Å². The number of aromatic nitrogens is 3. The quantitative estimate of drug-likeness (QED) is 0.257. The Hall–Kier alpha value is -2.68. The molecule has 4 aromatic rings. The van der Waals surface area contributed by atoms with Crippen LogP contribution < -0.4 is 4.90 Å². The molecule has 3 fully saturated rings. The van der Waals surface area contributed by atoms with Crippen molar-refractivity contribution in [1.29, 1.82) is 0 Å². The molecule has 4 heterocycles. The molecule has 1 atom stereocenters. The third kappa shape index (κ3) is 5.01. The van der Waals surface area contributed by atoms with E-state index in [4.69, 9.17) is 27.6 Å². The molecule has 198 valence electrons. The summed E-state index contributed by atoms with van der Waals surface area (Å²) in [6, 6.07) is 11.7. The van der Waals surface area contributed by atoms with Crippen molar-refractivity contribution in [3.63, 3.8) is 0 Å². The summed E-state index contributed by atoms with van der Waals surface area (Å²) >= 11 is 13.8. The Balaban J connectivity index is 0.000000476. The molecule has 1 aliphatic carbocycles. The highest BCUT2D eigenvalue weighted by atomic mass is 35.5. The minimum absolute atomic E-state index is 0.0342. The summed E-state index contributed by atoms with van der Waals surface area (Å²) in [6.45, 7) is 7.53. The van der Waals surface area contributed by atoms with E-state index in [0.717, 1.165) is 41.7 Å². The number of fused-ring (bicyclic) bond motifs is 1. The summed E-state index contributed by atoms with van der Waals surface area (Å²) in [5.74, 6) is 1.19. The maximum absolute atomic E-state index is 11.4. The van der Waals surface area contributed by atoms with Crippen LogP contribution in [-0.4, -0.2) is 52.7 Å². The second-order valence-corrected chi connectivity index (χ2v) is 13.1.